The van der Waals surface area contributed by atoms with Crippen molar-refractivity contribution in [3.8, 4) is 5.75 Å². The van der Waals surface area contributed by atoms with Crippen LogP contribution in [0.5, 0.6) is 5.75 Å². The van der Waals surface area contributed by atoms with Crippen molar-refractivity contribution in [2.45, 2.75) is 18.2 Å². The number of ketones is 1. The first-order valence-electron chi connectivity index (χ1n) is 6.66. The molecule has 6 nitrogen and oxygen atoms in total. The number of carbonyl (C=O) groups is 1. The van der Waals surface area contributed by atoms with Gasteiger partial charge >= 0.3 is 0 Å². The van der Waals surface area contributed by atoms with Crippen molar-refractivity contribution >= 4 is 39.1 Å². The van der Waals surface area contributed by atoms with Gasteiger partial charge in [0.25, 0.3) is 0 Å². The largest absolute Gasteiger partial charge is 0.494 e. The molecule has 0 aliphatic rings. The van der Waals surface area contributed by atoms with Gasteiger partial charge in [-0.1, -0.05) is 16.9 Å². The number of aryl methyl sites for hydroxylation is 1. The van der Waals surface area contributed by atoms with Crippen LogP contribution < -0.4 is 4.74 Å². The summed E-state index contributed by atoms with van der Waals surface area (Å²) in [5.41, 5.74) is 1.70. The van der Waals surface area contributed by atoms with E-state index in [1.807, 2.05) is 25.1 Å². The van der Waals surface area contributed by atoms with Gasteiger partial charge in [-0.25, -0.2) is 9.61 Å². The molecule has 0 fully saturated rings. The second-order valence-corrected chi connectivity index (χ2v) is 6.71. The van der Waals surface area contributed by atoms with Crippen molar-refractivity contribution in [2.24, 2.45) is 0 Å². The van der Waals surface area contributed by atoms with Crippen molar-refractivity contribution in [1.29, 1.82) is 0 Å². The maximum Gasteiger partial charge on any atom is 0.196 e. The maximum atomic E-state index is 12.0. The van der Waals surface area contributed by atoms with E-state index in [0.29, 0.717) is 12.3 Å². The fourth-order valence-electron chi connectivity index (χ4n) is 1.88. The van der Waals surface area contributed by atoms with Gasteiger partial charge in [-0.2, -0.15) is 0 Å². The molecule has 0 spiro atoms. The Morgan fingerprint density at radius 2 is 2.27 bits per heavy atom. The van der Waals surface area contributed by atoms with E-state index in [1.165, 1.54) is 11.8 Å². The molecule has 0 saturated heterocycles. The molecule has 0 aliphatic carbocycles. The van der Waals surface area contributed by atoms with Gasteiger partial charge in [-0.05, 0) is 37.2 Å². The number of hydrogen-bond acceptors (Lipinski definition) is 8. The molecule has 8 heteroatoms. The van der Waals surface area contributed by atoms with Crippen molar-refractivity contribution in [2.75, 3.05) is 12.4 Å². The molecule has 0 bridgehead atoms. The third kappa shape index (κ3) is 3.12. The van der Waals surface area contributed by atoms with Gasteiger partial charge in [0.1, 0.15) is 11.4 Å². The number of hydrogen-bond donors (Lipinski definition) is 0. The number of thioether (sulfide) groups is 1. The zero-order chi connectivity index (χ0) is 15.5. The summed E-state index contributed by atoms with van der Waals surface area (Å²) < 4.78 is 11.9. The summed E-state index contributed by atoms with van der Waals surface area (Å²) in [5, 5.41) is 7.23. The highest BCUT2D eigenvalue weighted by Crippen LogP contribution is 2.32. The van der Waals surface area contributed by atoms with Gasteiger partial charge in [-0.3, -0.25) is 4.79 Å². The number of thiazole rings is 1. The van der Waals surface area contributed by atoms with Crippen LogP contribution in [0.2, 0.25) is 0 Å². The molecule has 0 amide bonds. The number of Topliss-reactive ketones (excluding diaryl/α,β-unsaturated/α-hetero) is 1. The predicted octanol–water partition coefficient (Wildman–Crippen LogP) is 3.36. The molecule has 114 valence electrons. The molecule has 3 rings (SSSR count). The molecule has 0 unspecified atom stereocenters. The van der Waals surface area contributed by atoms with Crippen LogP contribution in [0, 0.1) is 6.92 Å². The van der Waals surface area contributed by atoms with E-state index in [4.69, 9.17) is 4.74 Å². The molecule has 2 heterocycles. The van der Waals surface area contributed by atoms with E-state index in [-0.39, 0.29) is 17.2 Å². The number of rotatable bonds is 6. The third-order valence-electron chi connectivity index (χ3n) is 2.89. The average molecular weight is 335 g/mol. The van der Waals surface area contributed by atoms with Crippen LogP contribution in [0.4, 0.5) is 0 Å². The summed E-state index contributed by atoms with van der Waals surface area (Å²) in [6, 6.07) is 5.79. The summed E-state index contributed by atoms with van der Waals surface area (Å²) in [6.45, 7) is 4.28. The molecular formula is C14H13N3O3S2. The fraction of sp³-hybridized carbons (Fsp3) is 0.286. The zero-order valence-electron chi connectivity index (χ0n) is 12.0. The van der Waals surface area contributed by atoms with Crippen molar-refractivity contribution in [3.63, 3.8) is 0 Å². The van der Waals surface area contributed by atoms with Crippen LogP contribution in [0.3, 0.4) is 0 Å². The average Bonchev–Trinajstić information content (AvgIpc) is 3.10. The van der Waals surface area contributed by atoms with Crippen molar-refractivity contribution in [1.82, 2.24) is 15.3 Å². The van der Waals surface area contributed by atoms with Gasteiger partial charge in [0.05, 0.1) is 22.6 Å². The molecular weight excluding hydrogens is 322 g/mol. The van der Waals surface area contributed by atoms with Gasteiger partial charge < -0.3 is 4.74 Å². The first-order chi connectivity index (χ1) is 10.7. The SMILES string of the molecule is CCOc1ccc2nc(SCC(=O)c3nonc3C)sc2c1. The standard InChI is InChI=1S/C14H13N3O3S2/c1-3-19-9-4-5-10-12(6-9)22-14(15-10)21-7-11(18)13-8(2)16-20-17-13/h4-6H,3,7H2,1-2H3. The van der Waals surface area contributed by atoms with Gasteiger partial charge in [0.15, 0.2) is 15.8 Å². The van der Waals surface area contributed by atoms with Gasteiger partial charge in [-0.15, -0.1) is 11.3 Å². The Bertz CT molecular complexity index is 813. The molecule has 1 aromatic carbocycles. The lowest BCUT2D eigenvalue weighted by molar-refractivity contribution is 0.101. The number of ether oxygens (including phenoxy) is 1. The summed E-state index contributed by atoms with van der Waals surface area (Å²) >= 11 is 2.93. The van der Waals surface area contributed by atoms with Crippen LogP contribution in [0.1, 0.15) is 23.1 Å². The molecule has 0 radical (unpaired) electrons. The monoisotopic (exact) mass is 335 g/mol. The lowest BCUT2D eigenvalue weighted by atomic mass is 10.3. The lowest BCUT2D eigenvalue weighted by Crippen LogP contribution is -2.04. The number of carbonyl (C=O) groups excluding carboxylic acids is 1. The van der Waals surface area contributed by atoms with E-state index < -0.39 is 0 Å². The quantitative estimate of drug-likeness (QED) is 0.505. The Morgan fingerprint density at radius 1 is 1.41 bits per heavy atom. The Kier molecular flexibility index (Phi) is 4.39. The molecule has 2 aromatic heterocycles. The number of fused-ring (bicyclic) bond motifs is 1. The highest BCUT2D eigenvalue weighted by Gasteiger charge is 2.16. The third-order valence-corrected chi connectivity index (χ3v) is 5.06. The fourth-order valence-corrected chi connectivity index (χ4v) is 3.84. The predicted molar refractivity (Wildman–Crippen MR) is 84.9 cm³/mol. The summed E-state index contributed by atoms with van der Waals surface area (Å²) in [7, 11) is 0. The Labute approximate surface area is 134 Å². The van der Waals surface area contributed by atoms with Crippen LogP contribution in [0.25, 0.3) is 10.2 Å². The molecule has 22 heavy (non-hydrogen) atoms. The first-order valence-corrected chi connectivity index (χ1v) is 8.46. The molecule has 0 saturated carbocycles. The minimum Gasteiger partial charge on any atom is -0.494 e. The zero-order valence-corrected chi connectivity index (χ0v) is 13.7. The maximum absolute atomic E-state index is 12.0. The Hall–Kier alpha value is -1.93. The first kappa shape index (κ1) is 15.0. The molecule has 0 aliphatic heterocycles. The van der Waals surface area contributed by atoms with Crippen molar-refractivity contribution in [3.05, 3.63) is 29.6 Å². The number of aromatic nitrogens is 3. The van der Waals surface area contributed by atoms with E-state index in [1.54, 1.807) is 18.3 Å². The van der Waals surface area contributed by atoms with E-state index in [2.05, 4.69) is 19.9 Å². The molecule has 0 atom stereocenters. The van der Waals surface area contributed by atoms with Crippen LogP contribution in [-0.2, 0) is 0 Å². The topological polar surface area (TPSA) is 78.1 Å². The molecule has 3 aromatic rings. The minimum atomic E-state index is -0.113. The second-order valence-electron chi connectivity index (χ2n) is 4.45. The minimum absolute atomic E-state index is 0.113. The number of benzene rings is 1. The van der Waals surface area contributed by atoms with E-state index in [9.17, 15) is 4.79 Å². The normalized spacial score (nSPS) is 11.0. The number of nitrogens with zero attached hydrogens (tertiary/aromatic N) is 3. The highest BCUT2D eigenvalue weighted by molar-refractivity contribution is 8.01. The van der Waals surface area contributed by atoms with E-state index in [0.717, 1.165) is 20.3 Å². The summed E-state index contributed by atoms with van der Waals surface area (Å²) in [4.78, 5) is 16.5. The second kappa shape index (κ2) is 6.45. The smallest absolute Gasteiger partial charge is 0.196 e. The van der Waals surface area contributed by atoms with Crippen molar-refractivity contribution < 1.29 is 14.2 Å². The van der Waals surface area contributed by atoms with Crippen LogP contribution >= 0.6 is 23.1 Å². The summed E-state index contributed by atoms with van der Waals surface area (Å²) in [5.74, 6) is 0.973. The Balaban J connectivity index is 1.71. The van der Waals surface area contributed by atoms with Crippen LogP contribution in [-0.4, -0.2) is 33.4 Å². The van der Waals surface area contributed by atoms with Gasteiger partial charge in [0.2, 0.25) is 0 Å². The van der Waals surface area contributed by atoms with Crippen LogP contribution in [0.15, 0.2) is 27.2 Å². The highest BCUT2D eigenvalue weighted by atomic mass is 32.2. The summed E-state index contributed by atoms with van der Waals surface area (Å²) in [6.07, 6.45) is 0. The van der Waals surface area contributed by atoms with E-state index >= 15 is 0 Å². The van der Waals surface area contributed by atoms with Gasteiger partial charge in [0, 0.05) is 0 Å². The lowest BCUT2D eigenvalue weighted by Gasteiger charge is -2.00. The molecule has 0 N–H and O–H groups in total. The Morgan fingerprint density at radius 3 is 3.00 bits per heavy atom.